The van der Waals surface area contributed by atoms with Gasteiger partial charge in [0.1, 0.15) is 17.3 Å². The summed E-state index contributed by atoms with van der Waals surface area (Å²) >= 11 is 0. The van der Waals surface area contributed by atoms with Gasteiger partial charge in [0.15, 0.2) is 0 Å². The Hall–Kier alpha value is -4.01. The minimum Gasteiger partial charge on any atom is -0.325 e. The quantitative estimate of drug-likeness (QED) is 0.271. The Labute approximate surface area is 195 Å². The van der Waals surface area contributed by atoms with E-state index in [9.17, 15) is 26.7 Å². The first-order chi connectivity index (χ1) is 16.6. The van der Waals surface area contributed by atoms with E-state index in [0.29, 0.717) is 45.5 Å². The van der Waals surface area contributed by atoms with Gasteiger partial charge in [0.05, 0.1) is 22.2 Å². The fraction of sp³-hybridized carbons (Fsp3) is 0.154. The molecule has 0 radical (unpaired) electrons. The molecule has 0 aliphatic carbocycles. The molecule has 0 aliphatic rings. The van der Waals surface area contributed by atoms with Crippen molar-refractivity contribution in [3.8, 4) is 22.3 Å². The molecule has 0 amide bonds. The number of halogens is 5. The van der Waals surface area contributed by atoms with Crippen LogP contribution in [0.1, 0.15) is 18.2 Å². The van der Waals surface area contributed by atoms with Crippen LogP contribution in [-0.2, 0) is 12.7 Å². The van der Waals surface area contributed by atoms with E-state index < -0.39 is 28.9 Å². The molecule has 2 aromatic heterocycles. The predicted molar refractivity (Wildman–Crippen MR) is 123 cm³/mol. The summed E-state index contributed by atoms with van der Waals surface area (Å²) in [5.74, 6) is -1.43. The van der Waals surface area contributed by atoms with Crippen molar-refractivity contribution in [1.82, 2.24) is 14.2 Å². The van der Waals surface area contributed by atoms with E-state index in [1.807, 2.05) is 11.5 Å². The number of alkyl halides is 3. The summed E-state index contributed by atoms with van der Waals surface area (Å²) in [5, 5.41) is 4.72. The van der Waals surface area contributed by atoms with Gasteiger partial charge in [-0.3, -0.25) is 4.79 Å². The highest BCUT2D eigenvalue weighted by molar-refractivity contribution is 5.90. The second kappa shape index (κ2) is 8.04. The van der Waals surface area contributed by atoms with Gasteiger partial charge in [-0.25, -0.2) is 8.78 Å². The Balaban J connectivity index is 1.81. The minimum absolute atomic E-state index is 0.177. The van der Waals surface area contributed by atoms with Crippen molar-refractivity contribution in [2.75, 3.05) is 0 Å². The first-order valence-electron chi connectivity index (χ1n) is 10.8. The zero-order valence-corrected chi connectivity index (χ0v) is 18.6. The lowest BCUT2D eigenvalue weighted by atomic mass is 10.0. The van der Waals surface area contributed by atoms with Crippen LogP contribution in [0.2, 0.25) is 0 Å². The molecular weight excluding hydrogens is 465 g/mol. The van der Waals surface area contributed by atoms with Crippen molar-refractivity contribution >= 4 is 16.6 Å². The van der Waals surface area contributed by atoms with Gasteiger partial charge in [-0.2, -0.15) is 22.8 Å². The van der Waals surface area contributed by atoms with E-state index in [-0.39, 0.29) is 5.56 Å². The molecule has 0 fully saturated rings. The topological polar surface area (TPSA) is 39.3 Å². The molecule has 5 aromatic rings. The second-order valence-corrected chi connectivity index (χ2v) is 8.18. The first kappa shape index (κ1) is 22.8. The molecular formula is C26H18F5N3O. The Bertz CT molecular complexity index is 1660. The maximum absolute atomic E-state index is 14.5. The third kappa shape index (κ3) is 3.67. The summed E-state index contributed by atoms with van der Waals surface area (Å²) in [7, 11) is 0. The largest absolute Gasteiger partial charge is 0.416 e. The number of fused-ring (bicyclic) bond motifs is 2. The maximum atomic E-state index is 14.5. The lowest BCUT2D eigenvalue weighted by molar-refractivity contribution is -0.137. The van der Waals surface area contributed by atoms with Gasteiger partial charge < -0.3 is 4.57 Å². The van der Waals surface area contributed by atoms with E-state index in [0.717, 1.165) is 24.3 Å². The fourth-order valence-corrected chi connectivity index (χ4v) is 4.45. The van der Waals surface area contributed by atoms with Gasteiger partial charge in [-0.15, -0.1) is 0 Å². The molecule has 5 rings (SSSR count). The van der Waals surface area contributed by atoms with E-state index in [1.54, 1.807) is 25.1 Å². The number of aryl methyl sites for hydroxylation is 2. The molecule has 178 valence electrons. The summed E-state index contributed by atoms with van der Waals surface area (Å²) in [6.07, 6.45) is -4.47. The van der Waals surface area contributed by atoms with E-state index in [2.05, 4.69) is 5.10 Å². The van der Waals surface area contributed by atoms with Crippen LogP contribution in [0, 0.1) is 18.6 Å². The Morgan fingerprint density at radius 2 is 1.60 bits per heavy atom. The number of hydrogen-bond donors (Lipinski definition) is 0. The van der Waals surface area contributed by atoms with Crippen LogP contribution in [0.4, 0.5) is 22.0 Å². The Kier molecular flexibility index (Phi) is 5.23. The number of aromatic nitrogens is 3. The summed E-state index contributed by atoms with van der Waals surface area (Å²) in [6, 6.07) is 12.8. The zero-order valence-electron chi connectivity index (χ0n) is 18.6. The van der Waals surface area contributed by atoms with Gasteiger partial charge in [0.25, 0.3) is 5.56 Å². The molecule has 9 heteroatoms. The van der Waals surface area contributed by atoms with Crippen LogP contribution in [0.15, 0.2) is 65.5 Å². The SMILES string of the molecule is CCn1c2cc(-c3ccc(F)cc3F)ccc2c(=O)n2nc(C)c(-c3ccc(C(F)(F)F)cc3)c12. The van der Waals surface area contributed by atoms with E-state index in [1.165, 1.54) is 22.7 Å². The lowest BCUT2D eigenvalue weighted by Crippen LogP contribution is -2.19. The molecule has 0 saturated carbocycles. The van der Waals surface area contributed by atoms with Crippen LogP contribution >= 0.6 is 0 Å². The molecule has 0 atom stereocenters. The monoisotopic (exact) mass is 483 g/mol. The molecule has 35 heavy (non-hydrogen) atoms. The predicted octanol–water partition coefficient (Wildman–Crippen LogP) is 6.61. The molecule has 0 aliphatic heterocycles. The van der Waals surface area contributed by atoms with Crippen LogP contribution in [0.3, 0.4) is 0 Å². The first-order valence-corrected chi connectivity index (χ1v) is 10.8. The maximum Gasteiger partial charge on any atom is 0.416 e. The lowest BCUT2D eigenvalue weighted by Gasteiger charge is -2.15. The third-order valence-electron chi connectivity index (χ3n) is 6.06. The highest BCUT2D eigenvalue weighted by atomic mass is 19.4. The van der Waals surface area contributed by atoms with Gasteiger partial charge >= 0.3 is 6.18 Å². The van der Waals surface area contributed by atoms with Crippen molar-refractivity contribution in [3.63, 3.8) is 0 Å². The summed E-state index contributed by atoms with van der Waals surface area (Å²) in [5.41, 5.74) is 1.84. The van der Waals surface area contributed by atoms with Crippen molar-refractivity contribution in [2.45, 2.75) is 26.6 Å². The van der Waals surface area contributed by atoms with Gasteiger partial charge in [0, 0.05) is 23.7 Å². The summed E-state index contributed by atoms with van der Waals surface area (Å²) < 4.78 is 70.1. The smallest absolute Gasteiger partial charge is 0.325 e. The van der Waals surface area contributed by atoms with Crippen LogP contribution in [0.5, 0.6) is 0 Å². The molecule has 4 nitrogen and oxygen atoms in total. The van der Waals surface area contributed by atoms with E-state index in [4.69, 9.17) is 0 Å². The molecule has 0 spiro atoms. The molecule has 3 aromatic carbocycles. The van der Waals surface area contributed by atoms with Crippen LogP contribution < -0.4 is 5.56 Å². The number of nitrogens with zero attached hydrogens (tertiary/aromatic N) is 3. The zero-order chi connectivity index (χ0) is 25.1. The van der Waals surface area contributed by atoms with Crippen molar-refractivity contribution < 1.29 is 22.0 Å². The van der Waals surface area contributed by atoms with Gasteiger partial charge in [-0.1, -0.05) is 18.2 Å². The average Bonchev–Trinajstić information content (AvgIpc) is 3.16. The van der Waals surface area contributed by atoms with Crippen LogP contribution in [0.25, 0.3) is 38.8 Å². The highest BCUT2D eigenvalue weighted by Crippen LogP contribution is 2.34. The summed E-state index contributed by atoms with van der Waals surface area (Å²) in [6.45, 7) is 3.94. The van der Waals surface area contributed by atoms with Crippen LogP contribution in [-0.4, -0.2) is 14.2 Å². The third-order valence-corrected chi connectivity index (χ3v) is 6.06. The average molecular weight is 483 g/mol. The van der Waals surface area contributed by atoms with Gasteiger partial charge in [0.2, 0.25) is 0 Å². The van der Waals surface area contributed by atoms with Gasteiger partial charge in [-0.05, 0) is 61.4 Å². The van der Waals surface area contributed by atoms with Crippen molar-refractivity contribution in [1.29, 1.82) is 0 Å². The van der Waals surface area contributed by atoms with E-state index >= 15 is 0 Å². The number of rotatable bonds is 3. The summed E-state index contributed by atoms with van der Waals surface area (Å²) in [4.78, 5) is 13.3. The highest BCUT2D eigenvalue weighted by Gasteiger charge is 2.30. The fourth-order valence-electron chi connectivity index (χ4n) is 4.45. The number of benzene rings is 3. The van der Waals surface area contributed by atoms with Crippen molar-refractivity contribution in [2.24, 2.45) is 0 Å². The molecule has 0 saturated heterocycles. The molecule has 0 unspecified atom stereocenters. The molecule has 2 heterocycles. The molecule has 0 N–H and O–H groups in total. The minimum atomic E-state index is -4.47. The standard InChI is InChI=1S/C26H18F5N3O/c1-3-33-22-12-16(19-11-9-18(27)13-21(19)28)6-10-20(22)25(35)34-24(33)23(14(2)32-34)15-4-7-17(8-5-15)26(29,30)31/h4-13H,3H2,1-2H3. The Morgan fingerprint density at radius 3 is 2.23 bits per heavy atom. The Morgan fingerprint density at radius 1 is 0.914 bits per heavy atom. The van der Waals surface area contributed by atoms with Crippen molar-refractivity contribution in [3.05, 3.63) is 93.9 Å². The number of hydrogen-bond acceptors (Lipinski definition) is 2. The normalized spacial score (nSPS) is 12.1. The molecule has 0 bridgehead atoms. The second-order valence-electron chi connectivity index (χ2n) is 8.18.